The van der Waals surface area contributed by atoms with E-state index < -0.39 is 35.8 Å². The number of alkyl halides is 3. The molecule has 0 spiro atoms. The molecule has 0 atom stereocenters. The molecule has 1 aliphatic rings. The predicted molar refractivity (Wildman–Crippen MR) is 137 cm³/mol. The Kier molecular flexibility index (Phi) is 9.15. The van der Waals surface area contributed by atoms with Crippen LogP contribution in [0.2, 0.25) is 0 Å². The van der Waals surface area contributed by atoms with Crippen LogP contribution in [0.4, 0.5) is 24.8 Å². The second-order valence-electron chi connectivity index (χ2n) is 8.28. The quantitative estimate of drug-likeness (QED) is 0.393. The number of imidazole rings is 1. The fourth-order valence-electron chi connectivity index (χ4n) is 3.78. The maximum absolute atomic E-state index is 13.4. The van der Waals surface area contributed by atoms with E-state index in [-0.39, 0.29) is 17.7 Å². The number of nitrogens with one attached hydrogen (secondary N) is 2. The molecule has 1 saturated heterocycles. The summed E-state index contributed by atoms with van der Waals surface area (Å²) in [5, 5.41) is 13.1. The third kappa shape index (κ3) is 6.85. The fourth-order valence-corrected chi connectivity index (χ4v) is 3.78. The number of piperazine rings is 1. The van der Waals surface area contributed by atoms with Gasteiger partial charge in [0.05, 0.1) is 6.54 Å². The van der Waals surface area contributed by atoms with E-state index in [1.54, 1.807) is 42.8 Å². The molecule has 208 valence electrons. The van der Waals surface area contributed by atoms with Gasteiger partial charge >= 0.3 is 17.8 Å². The lowest BCUT2D eigenvalue weighted by Crippen LogP contribution is -2.44. The lowest BCUT2D eigenvalue weighted by atomic mass is 10.3. The average Bonchev–Trinajstić information content (AvgIpc) is 3.29. The number of carbonyl (C=O) groups excluding carboxylic acids is 1. The van der Waals surface area contributed by atoms with Crippen molar-refractivity contribution in [1.82, 2.24) is 24.0 Å². The lowest BCUT2D eigenvalue weighted by Gasteiger charge is -2.28. The van der Waals surface area contributed by atoms with Crippen LogP contribution in [0.3, 0.4) is 0 Å². The number of hydrogen-bond donors (Lipinski definition) is 3. The van der Waals surface area contributed by atoms with Crippen molar-refractivity contribution >= 4 is 34.7 Å². The number of benzene rings is 1. The number of carboxylic acid groups (broad SMARTS) is 1. The molecule has 39 heavy (non-hydrogen) atoms. The Morgan fingerprint density at radius 3 is 2.31 bits per heavy atom. The van der Waals surface area contributed by atoms with Gasteiger partial charge in [-0.1, -0.05) is 24.1 Å². The van der Waals surface area contributed by atoms with Gasteiger partial charge in [-0.25, -0.2) is 14.2 Å². The third-order valence-electron chi connectivity index (χ3n) is 5.63. The van der Waals surface area contributed by atoms with Gasteiger partial charge in [0, 0.05) is 38.9 Å². The summed E-state index contributed by atoms with van der Waals surface area (Å²) in [5.41, 5.74) is -0.0170. The zero-order chi connectivity index (χ0) is 28.7. The predicted octanol–water partition coefficient (Wildman–Crippen LogP) is 0.602. The van der Waals surface area contributed by atoms with Crippen molar-refractivity contribution in [2.45, 2.75) is 26.2 Å². The number of nitrogens with zero attached hydrogens (tertiary/aromatic N) is 5. The number of anilines is 2. The van der Waals surface area contributed by atoms with Crippen LogP contribution in [0.15, 0.2) is 39.9 Å². The van der Waals surface area contributed by atoms with Crippen molar-refractivity contribution in [2.75, 3.05) is 36.4 Å². The van der Waals surface area contributed by atoms with Gasteiger partial charge in [0.1, 0.15) is 6.54 Å². The molecule has 4 rings (SSSR count). The van der Waals surface area contributed by atoms with Crippen LogP contribution >= 0.6 is 0 Å². The molecular formula is C24H26F3N7O5. The Bertz CT molecular complexity index is 1530. The first-order chi connectivity index (χ1) is 18.5. The summed E-state index contributed by atoms with van der Waals surface area (Å²) in [6.07, 6.45) is -5.08. The van der Waals surface area contributed by atoms with E-state index in [2.05, 4.69) is 32.4 Å². The topological polar surface area (TPSA) is 143 Å². The normalized spacial score (nSPS) is 13.2. The summed E-state index contributed by atoms with van der Waals surface area (Å²) >= 11 is 0. The molecule has 12 nitrogen and oxygen atoms in total. The number of aryl methyl sites for hydroxylation is 1. The highest BCUT2D eigenvalue weighted by Gasteiger charge is 2.38. The van der Waals surface area contributed by atoms with Gasteiger partial charge in [0.2, 0.25) is 11.9 Å². The SMILES string of the molecule is CC#CCn1c(N2CCNCC2)nc2c1c(=O)n(CC(=O)Nc1ccccc1)c(=O)n2C.O=C(O)C(F)(F)F. The Morgan fingerprint density at radius 2 is 1.74 bits per heavy atom. The van der Waals surface area contributed by atoms with Crippen LogP contribution < -0.4 is 26.8 Å². The number of carboxylic acids is 1. The Morgan fingerprint density at radius 1 is 1.13 bits per heavy atom. The zero-order valence-electron chi connectivity index (χ0n) is 21.1. The molecule has 3 aromatic rings. The molecule has 0 unspecified atom stereocenters. The molecule has 3 N–H and O–H groups in total. The lowest BCUT2D eigenvalue weighted by molar-refractivity contribution is -0.192. The monoisotopic (exact) mass is 549 g/mol. The van der Waals surface area contributed by atoms with Gasteiger partial charge in [-0.2, -0.15) is 18.2 Å². The number of aromatic nitrogens is 4. The van der Waals surface area contributed by atoms with E-state index in [1.165, 1.54) is 4.57 Å². The molecule has 3 heterocycles. The van der Waals surface area contributed by atoms with Crippen LogP contribution in [0, 0.1) is 11.8 Å². The van der Waals surface area contributed by atoms with Crippen molar-refractivity contribution < 1.29 is 27.9 Å². The fraction of sp³-hybridized carbons (Fsp3) is 0.375. The second-order valence-corrected chi connectivity index (χ2v) is 8.28. The molecule has 2 aromatic heterocycles. The van der Waals surface area contributed by atoms with Crippen molar-refractivity contribution in [1.29, 1.82) is 0 Å². The first-order valence-electron chi connectivity index (χ1n) is 11.7. The van der Waals surface area contributed by atoms with E-state index >= 15 is 0 Å². The number of amides is 1. The molecular weight excluding hydrogens is 523 g/mol. The minimum absolute atomic E-state index is 0.260. The molecule has 0 aliphatic carbocycles. The summed E-state index contributed by atoms with van der Waals surface area (Å²) in [6, 6.07) is 8.89. The van der Waals surface area contributed by atoms with Gasteiger partial charge in [-0.3, -0.25) is 18.7 Å². The summed E-state index contributed by atoms with van der Waals surface area (Å²) in [7, 11) is 1.56. The van der Waals surface area contributed by atoms with Crippen LogP contribution in [0.5, 0.6) is 0 Å². The minimum atomic E-state index is -5.08. The van der Waals surface area contributed by atoms with E-state index in [0.717, 1.165) is 30.7 Å². The standard InChI is InChI=1S/C22H25N7O3.C2HF3O2/c1-3-4-12-28-18-19(25-21(28)27-13-10-23-11-14-27)26(2)22(32)29(20(18)31)15-17(30)24-16-8-6-5-7-9-16;3-2(4,5)1(6)7/h5-9,23H,10-15H2,1-2H3,(H,24,30);(H,6,7). The molecule has 1 aliphatic heterocycles. The van der Waals surface area contributed by atoms with E-state index in [0.29, 0.717) is 11.6 Å². The summed E-state index contributed by atoms with van der Waals surface area (Å²) in [6.45, 7) is 4.64. The summed E-state index contributed by atoms with van der Waals surface area (Å²) in [4.78, 5) is 54.5. The van der Waals surface area contributed by atoms with Gasteiger partial charge in [-0.15, -0.1) is 5.92 Å². The van der Waals surface area contributed by atoms with Gasteiger partial charge in [-0.05, 0) is 19.1 Å². The largest absolute Gasteiger partial charge is 0.490 e. The van der Waals surface area contributed by atoms with E-state index in [1.807, 2.05) is 6.07 Å². The first kappa shape index (κ1) is 29.0. The third-order valence-corrected chi connectivity index (χ3v) is 5.63. The number of halogens is 3. The van der Waals surface area contributed by atoms with Crippen LogP contribution in [0.25, 0.3) is 11.2 Å². The zero-order valence-corrected chi connectivity index (χ0v) is 21.1. The molecule has 15 heteroatoms. The van der Waals surface area contributed by atoms with Crippen molar-refractivity contribution in [3.05, 3.63) is 51.2 Å². The van der Waals surface area contributed by atoms with Gasteiger partial charge in [0.15, 0.2) is 11.2 Å². The smallest absolute Gasteiger partial charge is 0.475 e. The van der Waals surface area contributed by atoms with Crippen molar-refractivity contribution in [3.8, 4) is 11.8 Å². The van der Waals surface area contributed by atoms with Gasteiger partial charge < -0.3 is 20.6 Å². The highest BCUT2D eigenvalue weighted by Crippen LogP contribution is 2.20. The number of rotatable bonds is 5. The number of para-hydroxylation sites is 1. The summed E-state index contributed by atoms with van der Waals surface area (Å²) in [5.74, 6) is 3.22. The Labute approximate surface area is 219 Å². The van der Waals surface area contributed by atoms with Crippen molar-refractivity contribution in [3.63, 3.8) is 0 Å². The minimum Gasteiger partial charge on any atom is -0.475 e. The molecule has 0 radical (unpaired) electrons. The maximum atomic E-state index is 13.4. The molecule has 0 saturated carbocycles. The number of carbonyl (C=O) groups is 2. The first-order valence-corrected chi connectivity index (χ1v) is 11.7. The van der Waals surface area contributed by atoms with Gasteiger partial charge in [0.25, 0.3) is 5.56 Å². The molecule has 0 bridgehead atoms. The number of hydrogen-bond acceptors (Lipinski definition) is 7. The number of fused-ring (bicyclic) bond motifs is 1. The highest BCUT2D eigenvalue weighted by molar-refractivity contribution is 5.90. The molecule has 1 fully saturated rings. The second kappa shape index (κ2) is 12.3. The molecule has 1 amide bonds. The summed E-state index contributed by atoms with van der Waals surface area (Å²) < 4.78 is 35.7. The van der Waals surface area contributed by atoms with Crippen molar-refractivity contribution in [2.24, 2.45) is 7.05 Å². The van der Waals surface area contributed by atoms with Crippen LogP contribution in [-0.4, -0.2) is 68.0 Å². The number of aliphatic carboxylic acids is 1. The highest BCUT2D eigenvalue weighted by atomic mass is 19.4. The Hall–Kier alpha value is -4.58. The van der Waals surface area contributed by atoms with E-state index in [9.17, 15) is 27.6 Å². The molecule has 1 aromatic carbocycles. The maximum Gasteiger partial charge on any atom is 0.490 e. The Balaban J connectivity index is 0.000000532. The average molecular weight is 550 g/mol. The van der Waals surface area contributed by atoms with Crippen LogP contribution in [-0.2, 0) is 29.7 Å². The van der Waals surface area contributed by atoms with Crippen LogP contribution in [0.1, 0.15) is 6.92 Å². The van der Waals surface area contributed by atoms with E-state index in [4.69, 9.17) is 9.90 Å².